The number of benzene rings is 2. The molecule has 0 saturated carbocycles. The van der Waals surface area contributed by atoms with E-state index in [0.29, 0.717) is 6.54 Å². The molecule has 0 aliphatic carbocycles. The van der Waals surface area contributed by atoms with E-state index in [4.69, 9.17) is 0 Å². The van der Waals surface area contributed by atoms with E-state index in [2.05, 4.69) is 53.6 Å². The summed E-state index contributed by atoms with van der Waals surface area (Å²) in [6.45, 7) is 10.5. The molecule has 0 aromatic heterocycles. The van der Waals surface area contributed by atoms with Crippen LogP contribution in [0, 0.1) is 20.8 Å². The van der Waals surface area contributed by atoms with E-state index in [9.17, 15) is 4.79 Å². The van der Waals surface area contributed by atoms with Crippen LogP contribution < -0.4 is 15.5 Å². The Morgan fingerprint density at radius 3 is 2.50 bits per heavy atom. The fourth-order valence-electron chi connectivity index (χ4n) is 2.64. The zero-order valence-electron chi connectivity index (χ0n) is 15.0. The summed E-state index contributed by atoms with van der Waals surface area (Å²) in [7, 11) is 0. The molecule has 0 aliphatic heterocycles. The number of aryl methyl sites for hydroxylation is 3. The number of nitrogens with one attached hydrogen (secondary N) is 2. The number of nitrogens with zero attached hydrogens (tertiary/aromatic N) is 1. The van der Waals surface area contributed by atoms with E-state index in [0.717, 1.165) is 29.9 Å². The Morgan fingerprint density at radius 1 is 1.04 bits per heavy atom. The van der Waals surface area contributed by atoms with Gasteiger partial charge in [-0.15, -0.1) is 0 Å². The average Bonchev–Trinajstić information content (AvgIpc) is 2.55. The Morgan fingerprint density at radius 2 is 1.79 bits per heavy atom. The lowest BCUT2D eigenvalue weighted by molar-refractivity contribution is 0.252. The summed E-state index contributed by atoms with van der Waals surface area (Å²) in [6.07, 6.45) is 0. The highest BCUT2D eigenvalue weighted by Gasteiger charge is 2.07. The van der Waals surface area contributed by atoms with Crippen LogP contribution in [0.3, 0.4) is 0 Å². The highest BCUT2D eigenvalue weighted by atomic mass is 16.2. The van der Waals surface area contributed by atoms with Crippen LogP contribution >= 0.6 is 0 Å². The number of urea groups is 1. The first-order chi connectivity index (χ1) is 11.5. The third-order valence-corrected chi connectivity index (χ3v) is 4.06. The van der Waals surface area contributed by atoms with Crippen molar-refractivity contribution >= 4 is 17.4 Å². The second-order valence-electron chi connectivity index (χ2n) is 6.12. The molecule has 0 bridgehead atoms. The van der Waals surface area contributed by atoms with Crippen LogP contribution in [-0.2, 0) is 0 Å². The summed E-state index contributed by atoms with van der Waals surface area (Å²) >= 11 is 0. The van der Waals surface area contributed by atoms with Crippen LogP contribution in [0.1, 0.15) is 23.6 Å². The SMILES string of the molecule is CCN(CCNC(=O)Nc1cc(C)ccc1C)c1cccc(C)c1. The number of anilines is 2. The molecule has 0 fully saturated rings. The molecule has 4 heteroatoms. The van der Waals surface area contributed by atoms with Gasteiger partial charge in [-0.25, -0.2) is 4.79 Å². The van der Waals surface area contributed by atoms with E-state index >= 15 is 0 Å². The first-order valence-corrected chi connectivity index (χ1v) is 8.43. The lowest BCUT2D eigenvalue weighted by Crippen LogP contribution is -2.37. The Hall–Kier alpha value is -2.49. The molecule has 0 atom stereocenters. The van der Waals surface area contributed by atoms with Gasteiger partial charge in [-0.3, -0.25) is 0 Å². The van der Waals surface area contributed by atoms with Crippen molar-refractivity contribution in [3.8, 4) is 0 Å². The standard InChI is InChI=1S/C20H27N3O/c1-5-23(18-8-6-7-15(2)13-18)12-11-21-20(24)22-19-14-16(3)9-10-17(19)4/h6-10,13-14H,5,11-12H2,1-4H3,(H2,21,22,24). The molecule has 128 valence electrons. The summed E-state index contributed by atoms with van der Waals surface area (Å²) in [5, 5.41) is 5.86. The third kappa shape index (κ3) is 5.01. The minimum Gasteiger partial charge on any atom is -0.370 e. The molecular weight excluding hydrogens is 298 g/mol. The maximum atomic E-state index is 12.1. The molecule has 0 spiro atoms. The highest BCUT2D eigenvalue weighted by molar-refractivity contribution is 5.90. The molecule has 2 aromatic carbocycles. The number of hydrogen-bond acceptors (Lipinski definition) is 2. The van der Waals surface area contributed by atoms with E-state index in [1.807, 2.05) is 32.0 Å². The largest absolute Gasteiger partial charge is 0.370 e. The molecule has 0 aliphatic rings. The van der Waals surface area contributed by atoms with Crippen molar-refractivity contribution in [3.63, 3.8) is 0 Å². The van der Waals surface area contributed by atoms with Crippen molar-refractivity contribution < 1.29 is 4.79 Å². The summed E-state index contributed by atoms with van der Waals surface area (Å²) in [6, 6.07) is 14.3. The Balaban J connectivity index is 1.86. The Labute approximate surface area is 144 Å². The molecule has 4 nitrogen and oxygen atoms in total. The average molecular weight is 325 g/mol. The first-order valence-electron chi connectivity index (χ1n) is 8.43. The quantitative estimate of drug-likeness (QED) is 0.833. The second-order valence-corrected chi connectivity index (χ2v) is 6.12. The van der Waals surface area contributed by atoms with Crippen LogP contribution in [0.2, 0.25) is 0 Å². The van der Waals surface area contributed by atoms with E-state index in [-0.39, 0.29) is 6.03 Å². The lowest BCUT2D eigenvalue weighted by Gasteiger charge is -2.23. The minimum absolute atomic E-state index is 0.163. The molecule has 2 N–H and O–H groups in total. The monoisotopic (exact) mass is 325 g/mol. The minimum atomic E-state index is -0.163. The Kier molecular flexibility index (Phi) is 6.24. The van der Waals surface area contributed by atoms with Crippen LogP contribution in [0.25, 0.3) is 0 Å². The van der Waals surface area contributed by atoms with Crippen molar-refractivity contribution in [2.24, 2.45) is 0 Å². The van der Waals surface area contributed by atoms with Crippen molar-refractivity contribution in [1.29, 1.82) is 0 Å². The van der Waals surface area contributed by atoms with Gasteiger partial charge in [0.1, 0.15) is 0 Å². The molecule has 2 rings (SSSR count). The van der Waals surface area contributed by atoms with Gasteiger partial charge >= 0.3 is 6.03 Å². The normalized spacial score (nSPS) is 10.3. The highest BCUT2D eigenvalue weighted by Crippen LogP contribution is 2.16. The number of likely N-dealkylation sites (N-methyl/N-ethyl adjacent to an activating group) is 1. The fourth-order valence-corrected chi connectivity index (χ4v) is 2.64. The van der Waals surface area contributed by atoms with Crippen molar-refractivity contribution in [2.45, 2.75) is 27.7 Å². The van der Waals surface area contributed by atoms with E-state index < -0.39 is 0 Å². The van der Waals surface area contributed by atoms with E-state index in [1.54, 1.807) is 0 Å². The zero-order valence-corrected chi connectivity index (χ0v) is 15.0. The van der Waals surface area contributed by atoms with E-state index in [1.165, 1.54) is 11.3 Å². The van der Waals surface area contributed by atoms with Gasteiger partial charge in [-0.2, -0.15) is 0 Å². The molecule has 24 heavy (non-hydrogen) atoms. The fraction of sp³-hybridized carbons (Fsp3) is 0.350. The van der Waals surface area contributed by atoms with Gasteiger partial charge in [0.25, 0.3) is 0 Å². The van der Waals surface area contributed by atoms with Gasteiger partial charge < -0.3 is 15.5 Å². The summed E-state index contributed by atoms with van der Waals surface area (Å²) in [5.41, 5.74) is 5.48. The molecule has 2 aromatic rings. The molecule has 0 unspecified atom stereocenters. The van der Waals surface area contributed by atoms with Gasteiger partial charge in [0, 0.05) is 31.0 Å². The van der Waals surface area contributed by atoms with Gasteiger partial charge in [0.15, 0.2) is 0 Å². The maximum Gasteiger partial charge on any atom is 0.319 e. The van der Waals surface area contributed by atoms with Gasteiger partial charge in [0.2, 0.25) is 0 Å². The number of carbonyl (C=O) groups is 1. The van der Waals surface area contributed by atoms with Crippen LogP contribution in [-0.4, -0.2) is 25.7 Å². The van der Waals surface area contributed by atoms with Crippen LogP contribution in [0.4, 0.5) is 16.2 Å². The van der Waals surface area contributed by atoms with Crippen molar-refractivity contribution in [1.82, 2.24) is 5.32 Å². The number of amides is 2. The lowest BCUT2D eigenvalue weighted by atomic mass is 10.1. The number of hydrogen-bond donors (Lipinski definition) is 2. The smallest absolute Gasteiger partial charge is 0.319 e. The van der Waals surface area contributed by atoms with Crippen molar-refractivity contribution in [3.05, 3.63) is 59.2 Å². The summed E-state index contributed by atoms with van der Waals surface area (Å²) in [4.78, 5) is 14.4. The third-order valence-electron chi connectivity index (χ3n) is 4.06. The van der Waals surface area contributed by atoms with Gasteiger partial charge in [0.05, 0.1) is 0 Å². The van der Waals surface area contributed by atoms with Gasteiger partial charge in [-0.05, 0) is 62.6 Å². The topological polar surface area (TPSA) is 44.4 Å². The number of carbonyl (C=O) groups excluding carboxylic acids is 1. The molecular formula is C20H27N3O. The van der Waals surface area contributed by atoms with Gasteiger partial charge in [-0.1, -0.05) is 24.3 Å². The zero-order chi connectivity index (χ0) is 17.5. The second kappa shape index (κ2) is 8.39. The first kappa shape index (κ1) is 17.9. The van der Waals surface area contributed by atoms with Crippen LogP contribution in [0.5, 0.6) is 0 Å². The molecule has 0 heterocycles. The van der Waals surface area contributed by atoms with Crippen LogP contribution in [0.15, 0.2) is 42.5 Å². The summed E-state index contributed by atoms with van der Waals surface area (Å²) < 4.78 is 0. The molecule has 2 amide bonds. The van der Waals surface area contributed by atoms with Crippen molar-refractivity contribution in [2.75, 3.05) is 29.9 Å². The summed E-state index contributed by atoms with van der Waals surface area (Å²) in [5.74, 6) is 0. The predicted molar refractivity (Wildman–Crippen MR) is 102 cm³/mol. The molecule has 0 saturated heterocycles. The number of rotatable bonds is 6. The Bertz CT molecular complexity index is 697. The predicted octanol–water partition coefficient (Wildman–Crippen LogP) is 4.26. The molecule has 0 radical (unpaired) electrons. The maximum absolute atomic E-state index is 12.1.